The minimum Gasteiger partial charge on any atom is -0.377 e. The molecule has 1 fully saturated rings. The topological polar surface area (TPSA) is 42.4 Å². The highest BCUT2D eigenvalue weighted by molar-refractivity contribution is 7.12. The van der Waals surface area contributed by atoms with Crippen LogP contribution in [0.1, 0.15) is 40.7 Å². The van der Waals surface area contributed by atoms with Crippen LogP contribution in [0.25, 0.3) is 0 Å². The van der Waals surface area contributed by atoms with Gasteiger partial charge in [0.15, 0.2) is 5.78 Å². The van der Waals surface area contributed by atoms with Crippen molar-refractivity contribution in [2.75, 3.05) is 13.2 Å². The molecular formula is C18H22N2O2S. The molecule has 5 heteroatoms. The first kappa shape index (κ1) is 16.3. The Kier molecular flexibility index (Phi) is 5.54. The number of carbonyl (C=O) groups excluding carboxylic acids is 1. The Hall–Kier alpha value is -1.56. The highest BCUT2D eigenvalue weighted by Crippen LogP contribution is 2.20. The first-order valence-corrected chi connectivity index (χ1v) is 8.91. The lowest BCUT2D eigenvalue weighted by atomic mass is 10.2. The lowest BCUT2D eigenvalue weighted by Crippen LogP contribution is -2.31. The Morgan fingerprint density at radius 1 is 1.43 bits per heavy atom. The molecule has 0 aromatic carbocycles. The number of ether oxygens (including phenoxy) is 1. The van der Waals surface area contributed by atoms with E-state index in [9.17, 15) is 4.79 Å². The van der Waals surface area contributed by atoms with Crippen molar-refractivity contribution in [1.29, 1.82) is 0 Å². The maximum Gasteiger partial charge on any atom is 0.169 e. The summed E-state index contributed by atoms with van der Waals surface area (Å²) >= 11 is 1.53. The first-order valence-electron chi connectivity index (χ1n) is 8.03. The van der Waals surface area contributed by atoms with Crippen molar-refractivity contribution >= 4 is 17.1 Å². The Bertz CT molecular complexity index is 635. The van der Waals surface area contributed by atoms with Gasteiger partial charge in [-0.3, -0.25) is 14.7 Å². The number of hydrogen-bond donors (Lipinski definition) is 0. The molecule has 2 aromatic heterocycles. The number of Topliss-reactive ketones (excluding diaryl/α,β-unsaturated/α-hetero) is 1. The number of ketones is 1. The van der Waals surface area contributed by atoms with Crippen LogP contribution in [0.15, 0.2) is 35.8 Å². The molecule has 0 radical (unpaired) electrons. The number of carbonyl (C=O) groups is 1. The van der Waals surface area contributed by atoms with Gasteiger partial charge in [-0.15, -0.1) is 11.3 Å². The van der Waals surface area contributed by atoms with E-state index in [1.807, 2.05) is 24.4 Å². The van der Waals surface area contributed by atoms with Gasteiger partial charge in [-0.2, -0.15) is 0 Å². The van der Waals surface area contributed by atoms with Gasteiger partial charge in [0.1, 0.15) is 0 Å². The van der Waals surface area contributed by atoms with Gasteiger partial charge in [0.05, 0.1) is 16.7 Å². The van der Waals surface area contributed by atoms with E-state index < -0.39 is 0 Å². The largest absolute Gasteiger partial charge is 0.377 e. The molecule has 1 atom stereocenters. The molecule has 0 spiro atoms. The monoisotopic (exact) mass is 330 g/mol. The molecule has 1 saturated heterocycles. The van der Waals surface area contributed by atoms with Crippen molar-refractivity contribution in [3.63, 3.8) is 0 Å². The van der Waals surface area contributed by atoms with Crippen molar-refractivity contribution in [1.82, 2.24) is 9.88 Å². The predicted molar refractivity (Wildman–Crippen MR) is 91.6 cm³/mol. The van der Waals surface area contributed by atoms with E-state index >= 15 is 0 Å². The Labute approximate surface area is 141 Å². The molecule has 0 aliphatic carbocycles. The standard InChI is InChI=1S/C18H22N2O2S/c1-14(21)18-9-15(13-23-18)10-20(12-17-6-4-8-22-17)11-16-5-2-3-7-19-16/h2-3,5,7,9,13,17H,4,6,8,10-12H2,1H3/t17-/m1/s1. The molecule has 1 aliphatic heterocycles. The summed E-state index contributed by atoms with van der Waals surface area (Å²) in [7, 11) is 0. The number of thiophene rings is 1. The number of aromatic nitrogens is 1. The average molecular weight is 330 g/mol. The second kappa shape index (κ2) is 7.81. The van der Waals surface area contributed by atoms with Crippen LogP contribution in [0, 0.1) is 0 Å². The second-order valence-corrected chi connectivity index (χ2v) is 6.91. The Morgan fingerprint density at radius 2 is 2.35 bits per heavy atom. The molecule has 4 nitrogen and oxygen atoms in total. The number of rotatable bonds is 7. The van der Waals surface area contributed by atoms with Crippen molar-refractivity contribution < 1.29 is 9.53 Å². The SMILES string of the molecule is CC(=O)c1cc(CN(Cc2ccccn2)C[C@H]2CCCO2)cs1. The van der Waals surface area contributed by atoms with Crippen molar-refractivity contribution in [3.8, 4) is 0 Å². The molecule has 1 aliphatic rings. The van der Waals surface area contributed by atoms with Gasteiger partial charge < -0.3 is 4.74 Å². The van der Waals surface area contributed by atoms with Crippen molar-refractivity contribution in [3.05, 3.63) is 52.0 Å². The molecule has 3 heterocycles. The molecule has 0 saturated carbocycles. The third-order valence-corrected chi connectivity index (χ3v) is 5.08. The Morgan fingerprint density at radius 3 is 3.00 bits per heavy atom. The van der Waals surface area contributed by atoms with E-state index in [0.29, 0.717) is 6.10 Å². The molecule has 0 bridgehead atoms. The maximum atomic E-state index is 11.5. The summed E-state index contributed by atoms with van der Waals surface area (Å²) in [4.78, 5) is 19.1. The highest BCUT2D eigenvalue weighted by atomic mass is 32.1. The van der Waals surface area contributed by atoms with E-state index in [4.69, 9.17) is 4.74 Å². The summed E-state index contributed by atoms with van der Waals surface area (Å²) in [5.74, 6) is 0.136. The molecule has 0 amide bonds. The number of hydrogen-bond acceptors (Lipinski definition) is 5. The molecule has 122 valence electrons. The van der Waals surface area contributed by atoms with Gasteiger partial charge in [0.2, 0.25) is 0 Å². The zero-order chi connectivity index (χ0) is 16.1. The highest BCUT2D eigenvalue weighted by Gasteiger charge is 2.20. The smallest absolute Gasteiger partial charge is 0.169 e. The minimum absolute atomic E-state index is 0.136. The van der Waals surface area contributed by atoms with Crippen LogP contribution >= 0.6 is 11.3 Å². The summed E-state index contributed by atoms with van der Waals surface area (Å²) in [6.07, 6.45) is 4.42. The quantitative estimate of drug-likeness (QED) is 0.729. The van der Waals surface area contributed by atoms with Gasteiger partial charge in [0, 0.05) is 32.4 Å². The number of nitrogens with zero attached hydrogens (tertiary/aromatic N) is 2. The molecule has 3 rings (SSSR count). The summed E-state index contributed by atoms with van der Waals surface area (Å²) < 4.78 is 5.79. The van der Waals surface area contributed by atoms with Crippen molar-refractivity contribution in [2.24, 2.45) is 0 Å². The molecule has 0 N–H and O–H groups in total. The molecule has 0 unspecified atom stereocenters. The van der Waals surface area contributed by atoms with Crippen LogP contribution in [-0.4, -0.2) is 34.9 Å². The van der Waals surface area contributed by atoms with Gasteiger partial charge in [-0.05, 0) is 48.9 Å². The fraction of sp³-hybridized carbons (Fsp3) is 0.444. The zero-order valence-corrected chi connectivity index (χ0v) is 14.2. The number of pyridine rings is 1. The maximum absolute atomic E-state index is 11.5. The lowest BCUT2D eigenvalue weighted by Gasteiger charge is -2.24. The zero-order valence-electron chi connectivity index (χ0n) is 13.4. The van der Waals surface area contributed by atoms with Gasteiger partial charge in [-0.1, -0.05) is 6.07 Å². The summed E-state index contributed by atoms with van der Waals surface area (Å²) in [6, 6.07) is 8.02. The molecular weight excluding hydrogens is 308 g/mol. The average Bonchev–Trinajstić information content (AvgIpc) is 3.20. The van der Waals surface area contributed by atoms with Gasteiger partial charge in [0.25, 0.3) is 0 Å². The minimum atomic E-state index is 0.136. The molecule has 2 aromatic rings. The lowest BCUT2D eigenvalue weighted by molar-refractivity contribution is 0.0675. The van der Waals surface area contributed by atoms with Crippen LogP contribution in [0.4, 0.5) is 0 Å². The van der Waals surface area contributed by atoms with Crippen molar-refractivity contribution in [2.45, 2.75) is 39.0 Å². The third-order valence-electron chi connectivity index (χ3n) is 4.00. The van der Waals surface area contributed by atoms with Crippen LogP contribution in [0.5, 0.6) is 0 Å². The Balaban J connectivity index is 1.69. The van der Waals surface area contributed by atoms with Gasteiger partial charge >= 0.3 is 0 Å². The van der Waals surface area contributed by atoms with Crippen LogP contribution in [0.3, 0.4) is 0 Å². The van der Waals surface area contributed by atoms with Crippen LogP contribution in [0.2, 0.25) is 0 Å². The molecule has 23 heavy (non-hydrogen) atoms. The fourth-order valence-electron chi connectivity index (χ4n) is 2.88. The van der Waals surface area contributed by atoms with E-state index in [-0.39, 0.29) is 5.78 Å². The fourth-order valence-corrected chi connectivity index (χ4v) is 3.69. The summed E-state index contributed by atoms with van der Waals surface area (Å²) in [5, 5.41) is 2.08. The van der Waals surface area contributed by atoms with Crippen LogP contribution in [-0.2, 0) is 17.8 Å². The summed E-state index contributed by atoms with van der Waals surface area (Å²) in [6.45, 7) is 5.01. The third kappa shape index (κ3) is 4.70. The van der Waals surface area contributed by atoms with E-state index in [1.165, 1.54) is 16.9 Å². The van der Waals surface area contributed by atoms with E-state index in [2.05, 4.69) is 21.3 Å². The van der Waals surface area contributed by atoms with Gasteiger partial charge in [-0.25, -0.2) is 0 Å². The van der Waals surface area contributed by atoms with E-state index in [0.717, 1.165) is 49.7 Å². The van der Waals surface area contributed by atoms with E-state index in [1.54, 1.807) is 6.92 Å². The van der Waals surface area contributed by atoms with Crippen LogP contribution < -0.4 is 0 Å². The predicted octanol–water partition coefficient (Wildman–Crippen LogP) is 3.53. The first-order chi connectivity index (χ1) is 11.2. The normalized spacial score (nSPS) is 17.7. The second-order valence-electron chi connectivity index (χ2n) is 6.00. The summed E-state index contributed by atoms with van der Waals surface area (Å²) in [5.41, 5.74) is 2.25.